The van der Waals surface area contributed by atoms with Crippen LogP contribution in [0.4, 0.5) is 4.39 Å². The Balaban J connectivity index is 2.27. The van der Waals surface area contributed by atoms with Gasteiger partial charge in [0.2, 0.25) is 5.95 Å². The molecular weight excluding hydrogens is 155 g/mol. The molecule has 1 aromatic heterocycles. The molecule has 3 heteroatoms. The zero-order valence-corrected chi connectivity index (χ0v) is 6.97. The van der Waals surface area contributed by atoms with Gasteiger partial charge in [-0.1, -0.05) is 0 Å². The lowest BCUT2D eigenvalue weighted by molar-refractivity contribution is 0.381. The quantitative estimate of drug-likeness (QED) is 0.640. The van der Waals surface area contributed by atoms with Crippen LogP contribution in [0.15, 0.2) is 12.3 Å². The molecule has 0 bridgehead atoms. The first kappa shape index (κ1) is 7.68. The van der Waals surface area contributed by atoms with Gasteiger partial charge < -0.3 is 5.32 Å². The summed E-state index contributed by atoms with van der Waals surface area (Å²) >= 11 is 0. The van der Waals surface area contributed by atoms with Crippen LogP contribution in [0.1, 0.15) is 23.6 Å². The van der Waals surface area contributed by atoms with Crippen molar-refractivity contribution in [1.29, 1.82) is 0 Å². The molecule has 0 aliphatic carbocycles. The molecule has 1 aliphatic heterocycles. The molecule has 0 aromatic carbocycles. The van der Waals surface area contributed by atoms with Gasteiger partial charge in [0.1, 0.15) is 0 Å². The van der Waals surface area contributed by atoms with Crippen LogP contribution in [0, 0.1) is 12.9 Å². The molecule has 2 rings (SSSR count). The van der Waals surface area contributed by atoms with Crippen molar-refractivity contribution in [2.75, 3.05) is 6.54 Å². The van der Waals surface area contributed by atoms with E-state index in [1.807, 2.05) is 6.07 Å². The monoisotopic (exact) mass is 166 g/mol. The Kier molecular flexibility index (Phi) is 1.81. The van der Waals surface area contributed by atoms with Crippen molar-refractivity contribution < 1.29 is 4.39 Å². The third kappa shape index (κ3) is 1.20. The van der Waals surface area contributed by atoms with Crippen molar-refractivity contribution in [2.24, 2.45) is 0 Å². The van der Waals surface area contributed by atoms with Crippen LogP contribution < -0.4 is 5.32 Å². The lowest BCUT2D eigenvalue weighted by Gasteiger charge is -2.27. The summed E-state index contributed by atoms with van der Waals surface area (Å²) in [5.41, 5.74) is 1.72. The normalized spacial score (nSPS) is 22.0. The van der Waals surface area contributed by atoms with Gasteiger partial charge in [-0.05, 0) is 31.5 Å². The fourth-order valence-corrected chi connectivity index (χ4v) is 1.34. The molecule has 2 heterocycles. The average Bonchev–Trinajstić information content (AvgIpc) is 1.93. The summed E-state index contributed by atoms with van der Waals surface area (Å²) < 4.78 is 12.8. The van der Waals surface area contributed by atoms with E-state index in [1.54, 1.807) is 13.1 Å². The average molecular weight is 166 g/mol. The number of hydrogen-bond donors (Lipinski definition) is 1. The van der Waals surface area contributed by atoms with Crippen LogP contribution in [0.25, 0.3) is 0 Å². The van der Waals surface area contributed by atoms with Gasteiger partial charge in [0.15, 0.2) is 0 Å². The molecule has 1 fully saturated rings. The van der Waals surface area contributed by atoms with Crippen LogP contribution >= 0.6 is 0 Å². The van der Waals surface area contributed by atoms with E-state index in [0.29, 0.717) is 11.6 Å². The minimum atomic E-state index is -0.363. The molecular formula is C9H11FN2. The van der Waals surface area contributed by atoms with Gasteiger partial charge in [-0.2, -0.15) is 4.39 Å². The van der Waals surface area contributed by atoms with Gasteiger partial charge in [0.25, 0.3) is 0 Å². The number of rotatable bonds is 1. The lowest BCUT2D eigenvalue weighted by Crippen LogP contribution is -2.35. The molecule has 12 heavy (non-hydrogen) atoms. The maximum atomic E-state index is 12.8. The van der Waals surface area contributed by atoms with Crippen molar-refractivity contribution in [1.82, 2.24) is 10.3 Å². The highest BCUT2D eigenvalue weighted by Gasteiger charge is 2.19. The zero-order valence-electron chi connectivity index (χ0n) is 6.97. The second kappa shape index (κ2) is 2.83. The summed E-state index contributed by atoms with van der Waals surface area (Å²) in [6.07, 6.45) is 2.74. The second-order valence-corrected chi connectivity index (χ2v) is 3.17. The van der Waals surface area contributed by atoms with E-state index in [0.717, 1.165) is 18.5 Å². The van der Waals surface area contributed by atoms with Gasteiger partial charge in [0, 0.05) is 17.8 Å². The highest BCUT2D eigenvalue weighted by molar-refractivity contribution is 5.22. The number of aryl methyl sites for hydroxylation is 1. The van der Waals surface area contributed by atoms with Crippen LogP contribution in [0.2, 0.25) is 0 Å². The van der Waals surface area contributed by atoms with Crippen molar-refractivity contribution in [3.05, 3.63) is 29.3 Å². The Bertz CT molecular complexity index is 295. The Hall–Kier alpha value is -0.960. The minimum Gasteiger partial charge on any atom is -0.310 e. The minimum absolute atomic E-state index is 0.363. The fourth-order valence-electron chi connectivity index (χ4n) is 1.34. The van der Waals surface area contributed by atoms with Crippen LogP contribution in [-0.2, 0) is 0 Å². The fraction of sp³-hybridized carbons (Fsp3) is 0.444. The second-order valence-electron chi connectivity index (χ2n) is 3.17. The van der Waals surface area contributed by atoms with E-state index in [4.69, 9.17) is 0 Å². The van der Waals surface area contributed by atoms with Crippen molar-refractivity contribution in [3.63, 3.8) is 0 Å². The predicted octanol–water partition coefficient (Wildman–Crippen LogP) is 1.56. The van der Waals surface area contributed by atoms with E-state index in [2.05, 4.69) is 10.3 Å². The molecule has 0 radical (unpaired) electrons. The van der Waals surface area contributed by atoms with Crippen molar-refractivity contribution >= 4 is 0 Å². The van der Waals surface area contributed by atoms with Gasteiger partial charge >= 0.3 is 0 Å². The third-order valence-electron chi connectivity index (χ3n) is 2.26. The van der Waals surface area contributed by atoms with Gasteiger partial charge in [-0.3, -0.25) is 0 Å². The molecule has 64 valence electrons. The number of pyridine rings is 1. The van der Waals surface area contributed by atoms with Gasteiger partial charge in [0.05, 0.1) is 0 Å². The molecule has 1 N–H and O–H groups in total. The SMILES string of the molecule is Cc1cc(C2CCN2)cnc1F. The van der Waals surface area contributed by atoms with Crippen LogP contribution in [0.5, 0.6) is 0 Å². The van der Waals surface area contributed by atoms with Gasteiger partial charge in [-0.15, -0.1) is 0 Å². The number of hydrogen-bond acceptors (Lipinski definition) is 2. The van der Waals surface area contributed by atoms with Crippen LogP contribution in [0.3, 0.4) is 0 Å². The van der Waals surface area contributed by atoms with Crippen LogP contribution in [-0.4, -0.2) is 11.5 Å². The highest BCUT2D eigenvalue weighted by atomic mass is 19.1. The van der Waals surface area contributed by atoms with E-state index in [-0.39, 0.29) is 5.95 Å². The van der Waals surface area contributed by atoms with Gasteiger partial charge in [-0.25, -0.2) is 4.98 Å². The van der Waals surface area contributed by atoms with E-state index < -0.39 is 0 Å². The maximum Gasteiger partial charge on any atom is 0.215 e. The van der Waals surface area contributed by atoms with E-state index in [9.17, 15) is 4.39 Å². The largest absolute Gasteiger partial charge is 0.310 e. The number of halogens is 1. The molecule has 0 saturated carbocycles. The molecule has 2 nitrogen and oxygen atoms in total. The Labute approximate surface area is 70.8 Å². The molecule has 1 atom stereocenters. The predicted molar refractivity (Wildman–Crippen MR) is 44.3 cm³/mol. The van der Waals surface area contributed by atoms with E-state index >= 15 is 0 Å². The summed E-state index contributed by atoms with van der Waals surface area (Å²) in [5.74, 6) is -0.363. The molecule has 1 aromatic rings. The Morgan fingerprint density at radius 2 is 2.42 bits per heavy atom. The van der Waals surface area contributed by atoms with E-state index in [1.165, 1.54) is 0 Å². The first-order chi connectivity index (χ1) is 5.77. The summed E-state index contributed by atoms with van der Waals surface area (Å²) in [4.78, 5) is 3.67. The summed E-state index contributed by atoms with van der Waals surface area (Å²) in [7, 11) is 0. The summed E-state index contributed by atoms with van der Waals surface area (Å²) in [5, 5.41) is 3.25. The maximum absolute atomic E-state index is 12.8. The topological polar surface area (TPSA) is 24.9 Å². The summed E-state index contributed by atoms with van der Waals surface area (Å²) in [6, 6.07) is 2.26. The van der Waals surface area contributed by atoms with Crippen molar-refractivity contribution in [2.45, 2.75) is 19.4 Å². The zero-order chi connectivity index (χ0) is 8.55. The standard InChI is InChI=1S/C9H11FN2/c1-6-4-7(5-12-9(6)10)8-2-3-11-8/h4-5,8,11H,2-3H2,1H3. The highest BCUT2D eigenvalue weighted by Crippen LogP contribution is 2.22. The molecule has 0 amide bonds. The number of nitrogens with zero attached hydrogens (tertiary/aromatic N) is 1. The molecule has 1 aliphatic rings. The molecule has 0 spiro atoms. The first-order valence-corrected chi connectivity index (χ1v) is 4.13. The number of nitrogens with one attached hydrogen (secondary N) is 1. The smallest absolute Gasteiger partial charge is 0.215 e. The van der Waals surface area contributed by atoms with Crippen molar-refractivity contribution in [3.8, 4) is 0 Å². The lowest BCUT2D eigenvalue weighted by atomic mass is 9.99. The molecule has 1 saturated heterocycles. The number of aromatic nitrogens is 1. The summed E-state index contributed by atoms with van der Waals surface area (Å²) in [6.45, 7) is 2.80. The Morgan fingerprint density at radius 1 is 1.67 bits per heavy atom. The first-order valence-electron chi connectivity index (χ1n) is 4.13. The Morgan fingerprint density at radius 3 is 2.92 bits per heavy atom. The third-order valence-corrected chi connectivity index (χ3v) is 2.26. The molecule has 1 unspecified atom stereocenters.